The first-order chi connectivity index (χ1) is 9.45. The maximum Gasteiger partial charge on any atom is 0.178 e. The molecule has 106 valence electrons. The Morgan fingerprint density at radius 3 is 2.50 bits per heavy atom. The number of rotatable bonds is 5. The normalized spacial score (nSPS) is 11.1. The molecule has 1 aromatic carbocycles. The third-order valence-corrected chi connectivity index (χ3v) is 5.08. The van der Waals surface area contributed by atoms with E-state index in [-0.39, 0.29) is 11.6 Å². The maximum absolute atomic E-state index is 12.8. The van der Waals surface area contributed by atoms with Crippen LogP contribution in [0.5, 0.6) is 0 Å². The van der Waals surface area contributed by atoms with Crippen molar-refractivity contribution in [2.75, 3.05) is 13.6 Å². The van der Waals surface area contributed by atoms with Crippen LogP contribution in [-0.2, 0) is 6.54 Å². The summed E-state index contributed by atoms with van der Waals surface area (Å²) in [5, 5.41) is 0. The highest BCUT2D eigenvalue weighted by molar-refractivity contribution is 9.12. The van der Waals surface area contributed by atoms with Crippen molar-refractivity contribution in [3.8, 4) is 0 Å². The van der Waals surface area contributed by atoms with Crippen molar-refractivity contribution in [3.05, 3.63) is 54.8 Å². The largest absolute Gasteiger partial charge is 0.295 e. The number of hydrogen-bond acceptors (Lipinski definition) is 3. The smallest absolute Gasteiger partial charge is 0.178 e. The molecule has 0 amide bonds. The summed E-state index contributed by atoms with van der Waals surface area (Å²) in [7, 11) is 1.87. The highest BCUT2D eigenvalue weighted by Gasteiger charge is 2.15. The first-order valence-corrected chi connectivity index (χ1v) is 8.27. The molecule has 1 heterocycles. The number of Topliss-reactive ketones (excluding diaryl/α,β-unsaturated/α-hetero) is 1. The van der Waals surface area contributed by atoms with Crippen LogP contribution in [0.15, 0.2) is 37.9 Å². The molecule has 0 bridgehead atoms. The molecule has 0 fully saturated rings. The Labute approximate surface area is 137 Å². The Morgan fingerprint density at radius 2 is 1.95 bits per heavy atom. The van der Waals surface area contributed by atoms with E-state index < -0.39 is 0 Å². The molecule has 0 atom stereocenters. The van der Waals surface area contributed by atoms with Crippen molar-refractivity contribution in [3.63, 3.8) is 0 Å². The molecule has 1 aromatic heterocycles. The number of benzene rings is 1. The minimum Gasteiger partial charge on any atom is -0.295 e. The van der Waals surface area contributed by atoms with Gasteiger partial charge in [-0.3, -0.25) is 9.69 Å². The van der Waals surface area contributed by atoms with Crippen LogP contribution in [0.2, 0.25) is 0 Å². The summed E-state index contributed by atoms with van der Waals surface area (Å²) in [6.07, 6.45) is 0. The minimum absolute atomic E-state index is 0.0587. The summed E-state index contributed by atoms with van der Waals surface area (Å²) < 4.78 is 14.6. The molecule has 6 heteroatoms. The summed E-state index contributed by atoms with van der Waals surface area (Å²) in [6, 6.07) is 8.14. The fourth-order valence-corrected chi connectivity index (χ4v) is 4.67. The molecule has 2 aromatic rings. The van der Waals surface area contributed by atoms with Gasteiger partial charge in [0.15, 0.2) is 5.78 Å². The highest BCUT2D eigenvalue weighted by atomic mass is 79.9. The first kappa shape index (κ1) is 15.8. The number of halogens is 3. The van der Waals surface area contributed by atoms with Crippen LogP contribution in [0.4, 0.5) is 4.39 Å². The summed E-state index contributed by atoms with van der Waals surface area (Å²) in [5.41, 5.74) is 1.67. The third-order valence-electron chi connectivity index (χ3n) is 2.74. The van der Waals surface area contributed by atoms with Gasteiger partial charge in [-0.2, -0.15) is 0 Å². The molecule has 0 aliphatic heterocycles. The molecule has 0 spiro atoms. The van der Waals surface area contributed by atoms with Crippen molar-refractivity contribution in [1.82, 2.24) is 4.90 Å². The predicted octanol–water partition coefficient (Wildman–Crippen LogP) is 4.73. The first-order valence-electron chi connectivity index (χ1n) is 5.86. The lowest BCUT2D eigenvalue weighted by Gasteiger charge is -2.15. The van der Waals surface area contributed by atoms with Crippen molar-refractivity contribution in [2.45, 2.75) is 6.54 Å². The Kier molecular flexibility index (Phi) is 5.49. The quantitative estimate of drug-likeness (QED) is 0.652. The highest BCUT2D eigenvalue weighted by Crippen LogP contribution is 2.32. The summed E-state index contributed by atoms with van der Waals surface area (Å²) in [6.45, 7) is 0.925. The van der Waals surface area contributed by atoms with Gasteiger partial charge in [-0.05, 0) is 62.7 Å². The monoisotopic (exact) mass is 419 g/mol. The summed E-state index contributed by atoms with van der Waals surface area (Å²) >= 11 is 8.24. The van der Waals surface area contributed by atoms with Gasteiger partial charge in [0.2, 0.25) is 0 Å². The van der Waals surface area contributed by atoms with E-state index in [1.54, 1.807) is 12.1 Å². The Hall–Kier alpha value is -0.560. The van der Waals surface area contributed by atoms with Gasteiger partial charge in [0, 0.05) is 12.1 Å². The average molecular weight is 421 g/mol. The molecule has 0 aliphatic rings. The number of carbonyl (C=O) groups excluding carboxylic acids is 1. The number of hydrogen-bond donors (Lipinski definition) is 0. The predicted molar refractivity (Wildman–Crippen MR) is 86.8 cm³/mol. The molecular formula is C14H12Br2FNOS. The summed E-state index contributed by atoms with van der Waals surface area (Å²) in [4.78, 5) is 14.1. The van der Waals surface area contributed by atoms with Crippen LogP contribution >= 0.6 is 43.2 Å². The van der Waals surface area contributed by atoms with Crippen LogP contribution in [-0.4, -0.2) is 24.3 Å². The number of likely N-dealkylation sites (N-methyl/N-ethyl adjacent to an activating group) is 1. The van der Waals surface area contributed by atoms with E-state index in [9.17, 15) is 9.18 Å². The fraction of sp³-hybridized carbons (Fsp3) is 0.214. The summed E-state index contributed by atoms with van der Waals surface area (Å²) in [5.74, 6) is -0.192. The molecular weight excluding hydrogens is 409 g/mol. The number of thiophene rings is 1. The van der Waals surface area contributed by atoms with Crippen LogP contribution < -0.4 is 0 Å². The van der Waals surface area contributed by atoms with Crippen LogP contribution in [0, 0.1) is 5.82 Å². The lowest BCUT2D eigenvalue weighted by Crippen LogP contribution is -2.25. The van der Waals surface area contributed by atoms with Gasteiger partial charge in [-0.1, -0.05) is 12.1 Å². The second-order valence-electron chi connectivity index (χ2n) is 4.46. The molecule has 20 heavy (non-hydrogen) atoms. The molecule has 0 unspecified atom stereocenters. The number of carbonyl (C=O) groups is 1. The molecule has 0 aliphatic carbocycles. The number of ketones is 1. The van der Waals surface area contributed by atoms with E-state index in [1.165, 1.54) is 23.5 Å². The van der Waals surface area contributed by atoms with Gasteiger partial charge < -0.3 is 0 Å². The zero-order valence-corrected chi connectivity index (χ0v) is 14.7. The Balaban J connectivity index is 1.97. The standard InChI is InChI=1S/C14H12Br2FNOS/c1-18(7-9-2-4-10(17)5-3-9)8-12(19)11-6-13(15)20-14(11)16/h2-6H,7-8H2,1H3. The molecule has 0 saturated heterocycles. The van der Waals surface area contributed by atoms with Gasteiger partial charge in [0.05, 0.1) is 14.1 Å². The van der Waals surface area contributed by atoms with Gasteiger partial charge in [-0.25, -0.2) is 4.39 Å². The van der Waals surface area contributed by atoms with Crippen LogP contribution in [0.1, 0.15) is 15.9 Å². The van der Waals surface area contributed by atoms with Crippen LogP contribution in [0.25, 0.3) is 0 Å². The van der Waals surface area contributed by atoms with E-state index in [0.717, 1.165) is 13.1 Å². The van der Waals surface area contributed by atoms with Crippen molar-refractivity contribution in [1.29, 1.82) is 0 Å². The van der Waals surface area contributed by atoms with Gasteiger partial charge in [0.25, 0.3) is 0 Å². The second kappa shape index (κ2) is 6.93. The van der Waals surface area contributed by atoms with E-state index >= 15 is 0 Å². The third kappa shape index (κ3) is 4.22. The van der Waals surface area contributed by atoms with Gasteiger partial charge in [0.1, 0.15) is 5.82 Å². The van der Waals surface area contributed by atoms with Gasteiger partial charge >= 0.3 is 0 Å². The topological polar surface area (TPSA) is 20.3 Å². The molecule has 2 nitrogen and oxygen atoms in total. The van der Waals surface area contributed by atoms with E-state index in [4.69, 9.17) is 0 Å². The zero-order valence-electron chi connectivity index (χ0n) is 10.7. The Bertz CT molecular complexity index is 612. The molecule has 0 radical (unpaired) electrons. The lowest BCUT2D eigenvalue weighted by atomic mass is 10.2. The molecule has 2 rings (SSSR count). The molecule has 0 saturated carbocycles. The second-order valence-corrected chi connectivity index (χ2v) is 8.21. The SMILES string of the molecule is CN(CC(=O)c1cc(Br)sc1Br)Cc1ccc(F)cc1. The maximum atomic E-state index is 12.8. The van der Waals surface area contributed by atoms with E-state index in [2.05, 4.69) is 31.9 Å². The fourth-order valence-electron chi connectivity index (χ4n) is 1.82. The van der Waals surface area contributed by atoms with Crippen LogP contribution in [0.3, 0.4) is 0 Å². The van der Waals surface area contributed by atoms with E-state index in [0.29, 0.717) is 18.7 Å². The van der Waals surface area contributed by atoms with E-state index in [1.807, 2.05) is 18.0 Å². The van der Waals surface area contributed by atoms with Crippen molar-refractivity contribution >= 4 is 49.0 Å². The minimum atomic E-state index is -0.250. The Morgan fingerprint density at radius 1 is 1.30 bits per heavy atom. The van der Waals surface area contributed by atoms with Gasteiger partial charge in [-0.15, -0.1) is 11.3 Å². The molecule has 0 N–H and O–H groups in total. The lowest BCUT2D eigenvalue weighted by molar-refractivity contribution is 0.0943. The van der Waals surface area contributed by atoms with Crippen molar-refractivity contribution in [2.24, 2.45) is 0 Å². The van der Waals surface area contributed by atoms with Crippen molar-refractivity contribution < 1.29 is 9.18 Å². The average Bonchev–Trinajstić information content (AvgIpc) is 2.71. The zero-order chi connectivity index (χ0) is 14.7. The number of nitrogens with zero attached hydrogens (tertiary/aromatic N) is 1.